The highest BCUT2D eigenvalue weighted by atomic mass is 15.4. The van der Waals surface area contributed by atoms with Crippen LogP contribution in [0.25, 0.3) is 5.57 Å². The van der Waals surface area contributed by atoms with Crippen LogP contribution in [0.2, 0.25) is 0 Å². The Morgan fingerprint density at radius 3 is 2.53 bits per heavy atom. The molecule has 0 aromatic heterocycles. The van der Waals surface area contributed by atoms with E-state index in [1.54, 1.807) is 5.01 Å². The SMILES string of the molecule is C=N/C(=N\N(C)C)c1ccc(C2=CCNCC2)cc1. The van der Waals surface area contributed by atoms with Crippen molar-refractivity contribution in [2.45, 2.75) is 6.42 Å². The predicted molar refractivity (Wildman–Crippen MR) is 81.7 cm³/mol. The lowest BCUT2D eigenvalue weighted by molar-refractivity contribution is 0.437. The van der Waals surface area contributed by atoms with Gasteiger partial charge in [0.1, 0.15) is 0 Å². The Balaban J connectivity index is 2.22. The maximum Gasteiger partial charge on any atom is 0.178 e. The molecule has 0 amide bonds. The van der Waals surface area contributed by atoms with Crippen molar-refractivity contribution in [2.75, 3.05) is 27.2 Å². The first-order valence-electron chi connectivity index (χ1n) is 6.44. The molecule has 0 radical (unpaired) electrons. The molecule has 0 saturated carbocycles. The van der Waals surface area contributed by atoms with Crippen LogP contribution < -0.4 is 5.32 Å². The van der Waals surface area contributed by atoms with Gasteiger partial charge in [-0.05, 0) is 30.8 Å². The minimum absolute atomic E-state index is 0.649. The van der Waals surface area contributed by atoms with Crippen LogP contribution >= 0.6 is 0 Å². The van der Waals surface area contributed by atoms with Crippen molar-refractivity contribution in [1.82, 2.24) is 10.3 Å². The number of aliphatic imine (C=N–C) groups is 1. The number of nitrogens with zero attached hydrogens (tertiary/aromatic N) is 3. The maximum atomic E-state index is 4.30. The quantitative estimate of drug-likeness (QED) is 0.510. The van der Waals surface area contributed by atoms with E-state index in [0.29, 0.717) is 5.84 Å². The van der Waals surface area contributed by atoms with Gasteiger partial charge in [-0.15, -0.1) is 0 Å². The second-order valence-corrected chi connectivity index (χ2v) is 4.69. The maximum absolute atomic E-state index is 4.30. The van der Waals surface area contributed by atoms with E-state index in [9.17, 15) is 0 Å². The molecule has 1 aliphatic rings. The standard InChI is InChI=1S/C15H20N4/c1-16-15(18-19(2)3)14-6-4-12(5-7-14)13-8-10-17-11-9-13/h4-8,17H,1,9-11H2,2-3H3/b18-15-. The van der Waals surface area contributed by atoms with Crippen LogP contribution in [0.15, 0.2) is 40.4 Å². The number of benzene rings is 1. The molecule has 1 aromatic carbocycles. The number of amidine groups is 1. The smallest absolute Gasteiger partial charge is 0.178 e. The molecule has 19 heavy (non-hydrogen) atoms. The highest BCUT2D eigenvalue weighted by molar-refractivity contribution is 6.01. The Hall–Kier alpha value is -1.94. The normalized spacial score (nSPS) is 15.9. The largest absolute Gasteiger partial charge is 0.313 e. The van der Waals surface area contributed by atoms with Crippen molar-refractivity contribution in [3.8, 4) is 0 Å². The predicted octanol–water partition coefficient (Wildman–Crippen LogP) is 1.99. The molecule has 1 aliphatic heterocycles. The number of hydrazone groups is 1. The molecule has 0 aliphatic carbocycles. The van der Waals surface area contributed by atoms with Crippen LogP contribution in [0.1, 0.15) is 17.5 Å². The molecule has 4 heteroatoms. The van der Waals surface area contributed by atoms with E-state index in [1.807, 2.05) is 14.1 Å². The van der Waals surface area contributed by atoms with Gasteiger partial charge < -0.3 is 10.3 Å². The zero-order valence-corrected chi connectivity index (χ0v) is 11.6. The van der Waals surface area contributed by atoms with Gasteiger partial charge in [-0.1, -0.05) is 30.3 Å². The molecule has 4 nitrogen and oxygen atoms in total. The molecule has 1 N–H and O–H groups in total. The van der Waals surface area contributed by atoms with Crippen LogP contribution in [-0.2, 0) is 0 Å². The summed E-state index contributed by atoms with van der Waals surface area (Å²) in [6.07, 6.45) is 3.33. The van der Waals surface area contributed by atoms with Gasteiger partial charge in [-0.2, -0.15) is 5.10 Å². The van der Waals surface area contributed by atoms with Gasteiger partial charge in [0.2, 0.25) is 0 Å². The molecule has 0 bridgehead atoms. The Bertz CT molecular complexity index is 497. The summed E-state index contributed by atoms with van der Waals surface area (Å²) in [5.74, 6) is 0.649. The van der Waals surface area contributed by atoms with E-state index in [-0.39, 0.29) is 0 Å². The molecule has 0 unspecified atom stereocenters. The monoisotopic (exact) mass is 256 g/mol. The molecule has 1 heterocycles. The lowest BCUT2D eigenvalue weighted by atomic mass is 9.99. The van der Waals surface area contributed by atoms with Crippen LogP contribution in [0.3, 0.4) is 0 Å². The number of rotatable bonds is 3. The summed E-state index contributed by atoms with van der Waals surface area (Å²) in [6, 6.07) is 8.36. The minimum atomic E-state index is 0.649. The average Bonchev–Trinajstić information content (AvgIpc) is 2.46. The van der Waals surface area contributed by atoms with E-state index < -0.39 is 0 Å². The van der Waals surface area contributed by atoms with Gasteiger partial charge in [0.15, 0.2) is 5.84 Å². The highest BCUT2D eigenvalue weighted by Gasteiger charge is 2.07. The van der Waals surface area contributed by atoms with Crippen LogP contribution in [0.4, 0.5) is 0 Å². The van der Waals surface area contributed by atoms with E-state index in [4.69, 9.17) is 0 Å². The summed E-state index contributed by atoms with van der Waals surface area (Å²) in [7, 11) is 3.75. The molecule has 100 valence electrons. The first kappa shape index (κ1) is 13.5. The fourth-order valence-electron chi connectivity index (χ4n) is 2.09. The van der Waals surface area contributed by atoms with Gasteiger partial charge >= 0.3 is 0 Å². The third kappa shape index (κ3) is 3.51. The van der Waals surface area contributed by atoms with E-state index in [1.165, 1.54) is 11.1 Å². The van der Waals surface area contributed by atoms with Crippen LogP contribution in [0.5, 0.6) is 0 Å². The fourth-order valence-corrected chi connectivity index (χ4v) is 2.09. The Kier molecular flexibility index (Phi) is 4.47. The first-order chi connectivity index (χ1) is 9.20. The third-order valence-corrected chi connectivity index (χ3v) is 3.02. The van der Waals surface area contributed by atoms with Crippen molar-refractivity contribution in [1.29, 1.82) is 0 Å². The van der Waals surface area contributed by atoms with Crippen LogP contribution in [-0.4, -0.2) is 44.7 Å². The van der Waals surface area contributed by atoms with Gasteiger partial charge in [0.25, 0.3) is 0 Å². The van der Waals surface area contributed by atoms with Crippen molar-refractivity contribution < 1.29 is 0 Å². The van der Waals surface area contributed by atoms with Gasteiger partial charge in [-0.25, -0.2) is 4.99 Å². The molecule has 0 fully saturated rings. The minimum Gasteiger partial charge on any atom is -0.313 e. The third-order valence-electron chi connectivity index (χ3n) is 3.02. The van der Waals surface area contributed by atoms with E-state index in [0.717, 1.165) is 25.1 Å². The second-order valence-electron chi connectivity index (χ2n) is 4.69. The van der Waals surface area contributed by atoms with E-state index in [2.05, 4.69) is 52.5 Å². The summed E-state index contributed by atoms with van der Waals surface area (Å²) >= 11 is 0. The lowest BCUT2D eigenvalue weighted by Crippen LogP contribution is -2.20. The highest BCUT2D eigenvalue weighted by Crippen LogP contribution is 2.20. The number of hydrogen-bond donors (Lipinski definition) is 1. The summed E-state index contributed by atoms with van der Waals surface area (Å²) < 4.78 is 0. The molecule has 0 spiro atoms. The second kappa shape index (κ2) is 6.29. The first-order valence-corrected chi connectivity index (χ1v) is 6.44. The summed E-state index contributed by atoms with van der Waals surface area (Å²) in [5.41, 5.74) is 3.67. The molecule has 0 atom stereocenters. The zero-order valence-electron chi connectivity index (χ0n) is 11.6. The summed E-state index contributed by atoms with van der Waals surface area (Å²) in [4.78, 5) is 3.97. The summed E-state index contributed by atoms with van der Waals surface area (Å²) in [6.45, 7) is 5.58. The van der Waals surface area contributed by atoms with Crippen molar-refractivity contribution in [2.24, 2.45) is 10.1 Å². The van der Waals surface area contributed by atoms with Gasteiger partial charge in [-0.3, -0.25) is 0 Å². The van der Waals surface area contributed by atoms with Crippen molar-refractivity contribution in [3.05, 3.63) is 41.5 Å². The zero-order chi connectivity index (χ0) is 13.7. The Morgan fingerprint density at radius 2 is 2.00 bits per heavy atom. The molecular weight excluding hydrogens is 236 g/mol. The van der Waals surface area contributed by atoms with Gasteiger partial charge in [0.05, 0.1) is 0 Å². The van der Waals surface area contributed by atoms with Gasteiger partial charge in [0, 0.05) is 26.2 Å². The number of nitrogens with one attached hydrogen (secondary N) is 1. The van der Waals surface area contributed by atoms with Crippen molar-refractivity contribution in [3.63, 3.8) is 0 Å². The topological polar surface area (TPSA) is 40.0 Å². The van der Waals surface area contributed by atoms with Crippen LogP contribution in [0, 0.1) is 0 Å². The Labute approximate surface area is 114 Å². The molecular formula is C15H20N4. The Morgan fingerprint density at radius 1 is 1.26 bits per heavy atom. The summed E-state index contributed by atoms with van der Waals surface area (Å²) in [5, 5.41) is 9.35. The molecule has 1 aromatic rings. The molecule has 0 saturated heterocycles. The lowest BCUT2D eigenvalue weighted by Gasteiger charge is -2.14. The number of hydrogen-bond acceptors (Lipinski definition) is 3. The molecule has 2 rings (SSSR count). The fraction of sp³-hybridized carbons (Fsp3) is 0.333. The van der Waals surface area contributed by atoms with E-state index >= 15 is 0 Å². The van der Waals surface area contributed by atoms with Crippen molar-refractivity contribution >= 4 is 18.1 Å². The average molecular weight is 256 g/mol.